The lowest BCUT2D eigenvalue weighted by molar-refractivity contribution is -0.147. The van der Waals surface area contributed by atoms with Crippen LogP contribution in [0.2, 0.25) is 0 Å². The number of carbonyl (C=O) groups is 2. The van der Waals surface area contributed by atoms with Gasteiger partial charge in [0.15, 0.2) is 5.78 Å². The van der Waals surface area contributed by atoms with Gasteiger partial charge in [-0.25, -0.2) is 0 Å². The average molecular weight is 300 g/mol. The normalized spacial score (nSPS) is 21.9. The van der Waals surface area contributed by atoms with Crippen molar-refractivity contribution in [1.82, 2.24) is 0 Å². The topological polar surface area (TPSA) is 43.4 Å². The minimum absolute atomic E-state index is 0.0140. The predicted molar refractivity (Wildman–Crippen MR) is 86.4 cm³/mol. The first kappa shape index (κ1) is 16.5. The summed E-state index contributed by atoms with van der Waals surface area (Å²) in [6, 6.07) is 7.22. The molecule has 0 amide bonds. The van der Waals surface area contributed by atoms with E-state index in [0.29, 0.717) is 5.56 Å². The van der Waals surface area contributed by atoms with Crippen LogP contribution in [0.15, 0.2) is 35.9 Å². The van der Waals surface area contributed by atoms with Gasteiger partial charge in [-0.3, -0.25) is 9.59 Å². The summed E-state index contributed by atoms with van der Waals surface area (Å²) in [7, 11) is 0. The zero-order valence-corrected chi connectivity index (χ0v) is 14.0. The lowest BCUT2D eigenvalue weighted by Crippen LogP contribution is -2.11. The highest BCUT2D eigenvalue weighted by molar-refractivity contribution is 5.94. The number of carbonyl (C=O) groups excluding carboxylic acids is 2. The van der Waals surface area contributed by atoms with Crippen molar-refractivity contribution in [3.8, 4) is 0 Å². The molecule has 1 fully saturated rings. The number of allylic oxidation sites excluding steroid dienone is 2. The Balaban J connectivity index is 1.98. The molecule has 22 heavy (non-hydrogen) atoms. The van der Waals surface area contributed by atoms with Crippen LogP contribution in [-0.4, -0.2) is 11.8 Å². The Morgan fingerprint density at radius 3 is 2.50 bits per heavy atom. The van der Waals surface area contributed by atoms with Gasteiger partial charge in [-0.05, 0) is 43.7 Å². The van der Waals surface area contributed by atoms with E-state index in [0.717, 1.165) is 5.56 Å². The molecule has 0 unspecified atom stereocenters. The van der Waals surface area contributed by atoms with Crippen LogP contribution in [0, 0.1) is 17.3 Å². The standard InChI is InChI=1S/C19H24O3/c1-12(2)9-16-17(19(16,4)5)18(21)22-11-14-7-6-8-15(10-14)13(3)20/h6-10,16-17H,11H2,1-5H3/t16-,17+/m1/s1. The number of esters is 1. The number of benzene rings is 1. The molecule has 1 aliphatic carbocycles. The number of hydrogen-bond acceptors (Lipinski definition) is 3. The van der Waals surface area contributed by atoms with E-state index in [1.165, 1.54) is 12.5 Å². The van der Waals surface area contributed by atoms with Gasteiger partial charge >= 0.3 is 5.97 Å². The highest BCUT2D eigenvalue weighted by atomic mass is 16.5. The van der Waals surface area contributed by atoms with E-state index in [2.05, 4.69) is 19.9 Å². The summed E-state index contributed by atoms with van der Waals surface area (Å²) in [4.78, 5) is 23.7. The molecular formula is C19H24O3. The van der Waals surface area contributed by atoms with Crippen LogP contribution in [-0.2, 0) is 16.1 Å². The first-order valence-corrected chi connectivity index (χ1v) is 7.65. The smallest absolute Gasteiger partial charge is 0.310 e. The molecule has 0 aliphatic heterocycles. The molecule has 3 nitrogen and oxygen atoms in total. The summed E-state index contributed by atoms with van der Waals surface area (Å²) in [5, 5.41) is 0. The van der Waals surface area contributed by atoms with Crippen molar-refractivity contribution in [1.29, 1.82) is 0 Å². The molecule has 1 aliphatic rings. The van der Waals surface area contributed by atoms with Gasteiger partial charge in [-0.2, -0.15) is 0 Å². The van der Waals surface area contributed by atoms with Crippen LogP contribution in [0.5, 0.6) is 0 Å². The predicted octanol–water partition coefficient (Wildman–Crippen LogP) is 4.17. The van der Waals surface area contributed by atoms with Gasteiger partial charge in [0.1, 0.15) is 6.61 Å². The lowest BCUT2D eigenvalue weighted by Gasteiger charge is -2.07. The Hall–Kier alpha value is -1.90. The minimum atomic E-state index is -0.152. The van der Waals surface area contributed by atoms with E-state index in [-0.39, 0.29) is 35.6 Å². The van der Waals surface area contributed by atoms with Crippen LogP contribution in [0.3, 0.4) is 0 Å². The number of rotatable bonds is 5. The van der Waals surface area contributed by atoms with Gasteiger partial charge in [0.2, 0.25) is 0 Å². The zero-order chi connectivity index (χ0) is 16.5. The molecule has 0 radical (unpaired) electrons. The van der Waals surface area contributed by atoms with Crippen molar-refractivity contribution >= 4 is 11.8 Å². The van der Waals surface area contributed by atoms with Crippen molar-refractivity contribution in [3.63, 3.8) is 0 Å². The molecule has 2 rings (SSSR count). The van der Waals surface area contributed by atoms with E-state index >= 15 is 0 Å². The molecule has 1 saturated carbocycles. The average Bonchev–Trinajstić information content (AvgIpc) is 2.96. The van der Waals surface area contributed by atoms with E-state index in [4.69, 9.17) is 4.74 Å². The fourth-order valence-electron chi connectivity index (χ4n) is 2.92. The Morgan fingerprint density at radius 2 is 1.91 bits per heavy atom. The second-order valence-corrected chi connectivity index (χ2v) is 6.93. The third-order valence-electron chi connectivity index (χ3n) is 4.39. The maximum atomic E-state index is 12.3. The van der Waals surface area contributed by atoms with Gasteiger partial charge in [-0.15, -0.1) is 0 Å². The first-order chi connectivity index (χ1) is 10.2. The fourth-order valence-corrected chi connectivity index (χ4v) is 2.92. The van der Waals surface area contributed by atoms with E-state index in [1.54, 1.807) is 12.1 Å². The molecule has 0 heterocycles. The molecule has 0 saturated heterocycles. The second kappa shape index (κ2) is 6.07. The molecule has 2 atom stereocenters. The molecule has 1 aromatic carbocycles. The molecule has 118 valence electrons. The molecule has 0 N–H and O–H groups in total. The fraction of sp³-hybridized carbons (Fsp3) is 0.474. The van der Waals surface area contributed by atoms with Gasteiger partial charge in [0.05, 0.1) is 5.92 Å². The van der Waals surface area contributed by atoms with E-state index < -0.39 is 0 Å². The Kier molecular flexibility index (Phi) is 4.55. The largest absolute Gasteiger partial charge is 0.461 e. The molecule has 3 heteroatoms. The van der Waals surface area contributed by atoms with Crippen LogP contribution >= 0.6 is 0 Å². The molecule has 0 spiro atoms. The van der Waals surface area contributed by atoms with Crippen molar-refractivity contribution in [2.45, 2.75) is 41.2 Å². The van der Waals surface area contributed by atoms with E-state index in [1.807, 2.05) is 26.0 Å². The monoisotopic (exact) mass is 300 g/mol. The number of ketones is 1. The number of ether oxygens (including phenoxy) is 1. The number of Topliss-reactive ketones (excluding diaryl/α,β-unsaturated/α-hetero) is 1. The van der Waals surface area contributed by atoms with Crippen molar-refractivity contribution in [2.75, 3.05) is 0 Å². The SMILES string of the molecule is CC(=O)c1cccc(COC(=O)[C@@H]2[C@@H](C=C(C)C)C2(C)C)c1. The molecular weight excluding hydrogens is 276 g/mol. The summed E-state index contributed by atoms with van der Waals surface area (Å²) in [5.74, 6) is 0.0489. The van der Waals surface area contributed by atoms with Crippen LogP contribution in [0.4, 0.5) is 0 Å². The minimum Gasteiger partial charge on any atom is -0.461 e. The van der Waals surface area contributed by atoms with Crippen LogP contribution in [0.25, 0.3) is 0 Å². The highest BCUT2D eigenvalue weighted by Crippen LogP contribution is 2.59. The molecule has 1 aromatic rings. The maximum Gasteiger partial charge on any atom is 0.310 e. The van der Waals surface area contributed by atoms with Gasteiger partial charge in [0, 0.05) is 5.56 Å². The summed E-state index contributed by atoms with van der Waals surface area (Å²) >= 11 is 0. The third kappa shape index (κ3) is 3.46. The Morgan fingerprint density at radius 1 is 1.23 bits per heavy atom. The number of hydrogen-bond donors (Lipinski definition) is 0. The van der Waals surface area contributed by atoms with Gasteiger partial charge in [0.25, 0.3) is 0 Å². The highest BCUT2D eigenvalue weighted by Gasteiger charge is 2.61. The van der Waals surface area contributed by atoms with Crippen molar-refractivity contribution in [3.05, 3.63) is 47.0 Å². The van der Waals surface area contributed by atoms with Crippen LogP contribution < -0.4 is 0 Å². The molecule has 0 bridgehead atoms. The summed E-state index contributed by atoms with van der Waals surface area (Å²) in [6.07, 6.45) is 2.16. The van der Waals surface area contributed by atoms with Gasteiger partial charge in [-0.1, -0.05) is 43.7 Å². The summed E-state index contributed by atoms with van der Waals surface area (Å²) < 4.78 is 5.45. The zero-order valence-electron chi connectivity index (χ0n) is 14.0. The maximum absolute atomic E-state index is 12.3. The Labute approximate surface area is 132 Å². The summed E-state index contributed by atoms with van der Waals surface area (Å²) in [5.41, 5.74) is 2.68. The third-order valence-corrected chi connectivity index (χ3v) is 4.39. The first-order valence-electron chi connectivity index (χ1n) is 7.65. The Bertz CT molecular complexity index is 621. The van der Waals surface area contributed by atoms with E-state index in [9.17, 15) is 9.59 Å². The quantitative estimate of drug-likeness (QED) is 0.465. The van der Waals surface area contributed by atoms with Crippen molar-refractivity contribution < 1.29 is 14.3 Å². The van der Waals surface area contributed by atoms with Gasteiger partial charge < -0.3 is 4.74 Å². The molecule has 0 aromatic heterocycles. The lowest BCUT2D eigenvalue weighted by atomic mass is 10.1. The van der Waals surface area contributed by atoms with Crippen molar-refractivity contribution in [2.24, 2.45) is 17.3 Å². The summed E-state index contributed by atoms with van der Waals surface area (Å²) in [6.45, 7) is 10.0. The second-order valence-electron chi connectivity index (χ2n) is 6.93. The van der Waals surface area contributed by atoms with Crippen LogP contribution in [0.1, 0.15) is 50.5 Å².